The monoisotopic (exact) mass is 359 g/mol. The van der Waals surface area contributed by atoms with E-state index in [0.717, 1.165) is 6.42 Å². The van der Waals surface area contributed by atoms with Crippen LogP contribution in [0.25, 0.3) is 0 Å². The minimum absolute atomic E-state index is 0. The van der Waals surface area contributed by atoms with Crippen LogP contribution in [0.5, 0.6) is 0 Å². The van der Waals surface area contributed by atoms with Gasteiger partial charge in [-0.15, -0.1) is 17.0 Å². The fourth-order valence-electron chi connectivity index (χ4n) is 1.48. The van der Waals surface area contributed by atoms with Crippen LogP contribution in [0.2, 0.25) is 0 Å². The Bertz CT molecular complexity index is 179. The fraction of sp³-hybridized carbons (Fsp3) is 0.909. The van der Waals surface area contributed by atoms with E-state index in [9.17, 15) is 4.79 Å². The van der Waals surface area contributed by atoms with Gasteiger partial charge in [0, 0.05) is 0 Å². The quantitative estimate of drug-likeness (QED) is 0.379. The molecule has 16 heavy (non-hydrogen) atoms. The van der Waals surface area contributed by atoms with E-state index in [1.165, 1.54) is 32.1 Å². The molecule has 0 aromatic heterocycles. The minimum Gasteiger partial charge on any atom is -0.465 e. The van der Waals surface area contributed by atoms with Gasteiger partial charge >= 0.3 is 6.09 Å². The molecule has 3 nitrogen and oxygen atoms in total. The van der Waals surface area contributed by atoms with Crippen molar-refractivity contribution in [1.82, 2.24) is 5.32 Å². The molecule has 2 unspecified atom stereocenters. The van der Waals surface area contributed by atoms with Crippen molar-refractivity contribution in [3.8, 4) is 0 Å². The molecule has 0 aliphatic heterocycles. The fourth-order valence-corrected chi connectivity index (χ4v) is 1.94. The third-order valence-electron chi connectivity index (χ3n) is 2.52. The van der Waals surface area contributed by atoms with Gasteiger partial charge in [-0.3, -0.25) is 0 Å². The van der Waals surface area contributed by atoms with Gasteiger partial charge in [-0.2, -0.15) is 0 Å². The summed E-state index contributed by atoms with van der Waals surface area (Å²) in [5.41, 5.74) is 0. The highest BCUT2D eigenvalue weighted by Gasteiger charge is 2.14. The summed E-state index contributed by atoms with van der Waals surface area (Å²) < 4.78 is 0. The number of carbonyl (C=O) groups is 1. The molecule has 0 fully saturated rings. The lowest BCUT2D eigenvalue weighted by Crippen LogP contribution is -2.33. The van der Waals surface area contributed by atoms with Crippen molar-refractivity contribution >= 4 is 39.0 Å². The zero-order chi connectivity index (χ0) is 11.7. The lowest BCUT2D eigenvalue weighted by molar-refractivity contribution is 0.191. The molecule has 2 N–H and O–H groups in total. The van der Waals surface area contributed by atoms with Crippen molar-refractivity contribution in [2.24, 2.45) is 5.92 Å². The van der Waals surface area contributed by atoms with Crippen LogP contribution in [0.1, 0.15) is 52.4 Å². The Kier molecular flexibility index (Phi) is 13.6. The van der Waals surface area contributed by atoms with Gasteiger partial charge in [0.1, 0.15) is 0 Å². The summed E-state index contributed by atoms with van der Waals surface area (Å²) in [5, 5.41) is 11.0. The number of alkyl halides is 1. The van der Waals surface area contributed by atoms with Crippen molar-refractivity contribution in [2.75, 3.05) is 0 Å². The first-order valence-corrected chi connectivity index (χ1v) is 6.63. The van der Waals surface area contributed by atoms with E-state index in [0.29, 0.717) is 5.92 Å². The minimum atomic E-state index is -0.963. The number of nitrogens with one attached hydrogen (secondary N) is 1. The van der Waals surface area contributed by atoms with E-state index in [2.05, 4.69) is 35.1 Å². The highest BCUT2D eigenvalue weighted by atomic mass is 79.9. The van der Waals surface area contributed by atoms with Gasteiger partial charge in [-0.1, -0.05) is 61.9 Å². The first-order chi connectivity index (χ1) is 7.07. The number of unbranched alkanes of at least 4 members (excludes halogenated alkanes) is 4. The lowest BCUT2D eigenvalue weighted by Gasteiger charge is -2.17. The molecule has 1 amide bonds. The largest absolute Gasteiger partial charge is 0.465 e. The molecule has 0 radical (unpaired) electrons. The molecular weight excluding hydrogens is 338 g/mol. The molecule has 0 aliphatic carbocycles. The third-order valence-corrected chi connectivity index (χ3v) is 3.66. The number of halogens is 2. The summed E-state index contributed by atoms with van der Waals surface area (Å²) in [6.45, 7) is 4.27. The van der Waals surface area contributed by atoms with Crippen molar-refractivity contribution in [3.63, 3.8) is 0 Å². The summed E-state index contributed by atoms with van der Waals surface area (Å²) in [5.74, 6) is 0.350. The number of rotatable bonds is 8. The second-order valence-electron chi connectivity index (χ2n) is 4.03. The SMILES string of the molecule is Br.CCCCCCCC(C)C(Br)NC(=O)O. The van der Waals surface area contributed by atoms with Crippen molar-refractivity contribution in [3.05, 3.63) is 0 Å². The zero-order valence-corrected chi connectivity index (χ0v) is 13.3. The Labute approximate surface area is 117 Å². The van der Waals surface area contributed by atoms with E-state index in [-0.39, 0.29) is 21.9 Å². The molecule has 0 rings (SSSR count). The maximum absolute atomic E-state index is 10.4. The highest BCUT2D eigenvalue weighted by Crippen LogP contribution is 2.18. The normalized spacial score (nSPS) is 13.7. The Balaban J connectivity index is 0. The maximum Gasteiger partial charge on any atom is 0.405 e. The summed E-state index contributed by atoms with van der Waals surface area (Å²) in [4.78, 5) is 10.3. The second-order valence-corrected chi connectivity index (χ2v) is 5.02. The number of carboxylic acid groups (broad SMARTS) is 1. The van der Waals surface area contributed by atoms with Crippen LogP contribution in [0.15, 0.2) is 0 Å². The molecule has 0 saturated carbocycles. The predicted molar refractivity (Wildman–Crippen MR) is 76.7 cm³/mol. The van der Waals surface area contributed by atoms with E-state index < -0.39 is 6.09 Å². The number of hydrogen-bond acceptors (Lipinski definition) is 1. The number of hydrogen-bond donors (Lipinski definition) is 2. The standard InChI is InChI=1S/C11H22BrNO2.BrH/c1-3-4-5-6-7-8-9(2)10(12)13-11(14)15;/h9-10,13H,3-8H2,1-2H3,(H,14,15);1H. The van der Waals surface area contributed by atoms with Gasteiger partial charge in [-0.25, -0.2) is 4.79 Å². The highest BCUT2D eigenvalue weighted by molar-refractivity contribution is 9.09. The molecule has 0 spiro atoms. The van der Waals surface area contributed by atoms with Crippen LogP contribution in [0.4, 0.5) is 4.79 Å². The molecule has 5 heteroatoms. The first-order valence-electron chi connectivity index (χ1n) is 5.71. The Hall–Kier alpha value is 0.230. The molecular formula is C11H23Br2NO2. The third kappa shape index (κ3) is 10.7. The molecule has 0 heterocycles. The van der Waals surface area contributed by atoms with E-state index in [4.69, 9.17) is 5.11 Å². The molecule has 0 saturated heterocycles. The maximum atomic E-state index is 10.4. The summed E-state index contributed by atoms with van der Waals surface area (Å²) in [6, 6.07) is 0. The van der Waals surface area contributed by atoms with Crippen molar-refractivity contribution in [2.45, 2.75) is 57.3 Å². The van der Waals surface area contributed by atoms with E-state index in [1.807, 2.05) is 0 Å². The topological polar surface area (TPSA) is 49.3 Å². The van der Waals surface area contributed by atoms with Crippen molar-refractivity contribution < 1.29 is 9.90 Å². The summed E-state index contributed by atoms with van der Waals surface area (Å²) >= 11 is 3.33. The number of amides is 1. The van der Waals surface area contributed by atoms with E-state index in [1.54, 1.807) is 0 Å². The molecule has 0 bridgehead atoms. The Morgan fingerprint density at radius 1 is 1.31 bits per heavy atom. The van der Waals surface area contributed by atoms with Crippen LogP contribution in [0.3, 0.4) is 0 Å². The first kappa shape index (κ1) is 18.6. The second kappa shape index (κ2) is 11.7. The molecule has 98 valence electrons. The van der Waals surface area contributed by atoms with Gasteiger partial charge in [0.25, 0.3) is 0 Å². The molecule has 2 atom stereocenters. The molecule has 0 aromatic carbocycles. The predicted octanol–water partition coefficient (Wildman–Crippen LogP) is 4.55. The van der Waals surface area contributed by atoms with Crippen molar-refractivity contribution in [1.29, 1.82) is 0 Å². The van der Waals surface area contributed by atoms with Crippen LogP contribution in [-0.4, -0.2) is 16.2 Å². The van der Waals surface area contributed by atoms with Gasteiger partial charge in [0.15, 0.2) is 0 Å². The average molecular weight is 361 g/mol. The Morgan fingerprint density at radius 2 is 1.88 bits per heavy atom. The molecule has 0 aromatic rings. The van der Waals surface area contributed by atoms with Crippen LogP contribution < -0.4 is 5.32 Å². The lowest BCUT2D eigenvalue weighted by atomic mass is 10.0. The Morgan fingerprint density at radius 3 is 2.38 bits per heavy atom. The average Bonchev–Trinajstić information content (AvgIpc) is 2.16. The van der Waals surface area contributed by atoms with Gasteiger partial charge in [0.05, 0.1) is 4.95 Å². The zero-order valence-electron chi connectivity index (χ0n) is 10.0. The van der Waals surface area contributed by atoms with Gasteiger partial charge in [0.2, 0.25) is 0 Å². The molecule has 0 aliphatic rings. The van der Waals surface area contributed by atoms with Crippen LogP contribution in [-0.2, 0) is 0 Å². The summed E-state index contributed by atoms with van der Waals surface area (Å²) in [7, 11) is 0. The van der Waals surface area contributed by atoms with Crippen LogP contribution >= 0.6 is 32.9 Å². The van der Waals surface area contributed by atoms with Crippen LogP contribution in [0, 0.1) is 5.92 Å². The summed E-state index contributed by atoms with van der Waals surface area (Å²) in [6.07, 6.45) is 6.41. The van der Waals surface area contributed by atoms with Gasteiger partial charge < -0.3 is 10.4 Å². The van der Waals surface area contributed by atoms with E-state index >= 15 is 0 Å². The van der Waals surface area contributed by atoms with Gasteiger partial charge in [-0.05, 0) is 12.3 Å². The smallest absolute Gasteiger partial charge is 0.405 e.